The number of para-hydroxylation sites is 1. The highest BCUT2D eigenvalue weighted by Gasteiger charge is 2.10. The van der Waals surface area contributed by atoms with E-state index < -0.39 is 5.97 Å². The molecule has 122 valence electrons. The average molecular weight is 315 g/mol. The molecule has 0 bridgehead atoms. The van der Waals surface area contributed by atoms with Gasteiger partial charge in [0.1, 0.15) is 0 Å². The minimum atomic E-state index is -0.847. The number of aromatic nitrogens is 2. The van der Waals surface area contributed by atoms with Crippen LogP contribution in [-0.2, 0) is 16.0 Å². The molecular formula is C17H21N3O3. The summed E-state index contributed by atoms with van der Waals surface area (Å²) in [6, 6.07) is 9.77. The van der Waals surface area contributed by atoms with Gasteiger partial charge in [-0.25, -0.2) is 4.68 Å². The summed E-state index contributed by atoms with van der Waals surface area (Å²) in [5.41, 5.74) is 1.97. The summed E-state index contributed by atoms with van der Waals surface area (Å²) in [5.74, 6) is -0.993. The van der Waals surface area contributed by atoms with Crippen LogP contribution in [0.25, 0.3) is 5.69 Å². The Labute approximate surface area is 135 Å². The Balaban J connectivity index is 1.77. The Morgan fingerprint density at radius 1 is 1.30 bits per heavy atom. The number of benzene rings is 1. The molecule has 2 aromatic rings. The molecule has 1 heterocycles. The third kappa shape index (κ3) is 5.58. The molecule has 1 unspecified atom stereocenters. The average Bonchev–Trinajstić information content (AvgIpc) is 3.00. The predicted octanol–water partition coefficient (Wildman–Crippen LogP) is 2.03. The number of nitrogens with zero attached hydrogens (tertiary/aromatic N) is 2. The second-order valence-corrected chi connectivity index (χ2v) is 5.64. The quantitative estimate of drug-likeness (QED) is 0.780. The Morgan fingerprint density at radius 3 is 2.74 bits per heavy atom. The van der Waals surface area contributed by atoms with Gasteiger partial charge in [-0.1, -0.05) is 25.1 Å². The maximum Gasteiger partial charge on any atom is 0.303 e. The highest BCUT2D eigenvalue weighted by atomic mass is 16.4. The number of carbonyl (C=O) groups excluding carboxylic acids is 1. The van der Waals surface area contributed by atoms with Crippen LogP contribution >= 0.6 is 0 Å². The zero-order chi connectivity index (χ0) is 16.7. The lowest BCUT2D eigenvalue weighted by molar-refractivity contribution is -0.138. The fraction of sp³-hybridized carbons (Fsp3) is 0.353. The molecule has 0 fully saturated rings. The lowest BCUT2D eigenvalue weighted by Crippen LogP contribution is -2.29. The molecule has 0 radical (unpaired) electrons. The molecule has 6 heteroatoms. The van der Waals surface area contributed by atoms with Crippen LogP contribution in [0.1, 0.15) is 25.3 Å². The van der Waals surface area contributed by atoms with Gasteiger partial charge in [0.25, 0.3) is 0 Å². The molecule has 2 N–H and O–H groups in total. The fourth-order valence-corrected chi connectivity index (χ4v) is 2.22. The predicted molar refractivity (Wildman–Crippen MR) is 86.3 cm³/mol. The van der Waals surface area contributed by atoms with Crippen LogP contribution in [-0.4, -0.2) is 33.3 Å². The third-order valence-electron chi connectivity index (χ3n) is 3.47. The van der Waals surface area contributed by atoms with E-state index in [0.29, 0.717) is 19.4 Å². The van der Waals surface area contributed by atoms with Gasteiger partial charge in [-0.05, 0) is 30.0 Å². The van der Waals surface area contributed by atoms with Gasteiger partial charge >= 0.3 is 5.97 Å². The number of hydrogen-bond donors (Lipinski definition) is 2. The molecule has 1 aromatic carbocycles. The largest absolute Gasteiger partial charge is 0.481 e. The number of nitrogens with one attached hydrogen (secondary N) is 1. The van der Waals surface area contributed by atoms with Gasteiger partial charge in [-0.2, -0.15) is 5.10 Å². The van der Waals surface area contributed by atoms with E-state index in [1.807, 2.05) is 36.5 Å². The maximum absolute atomic E-state index is 11.8. The van der Waals surface area contributed by atoms with Crippen molar-refractivity contribution in [3.63, 3.8) is 0 Å². The van der Waals surface area contributed by atoms with Crippen molar-refractivity contribution in [1.29, 1.82) is 0 Å². The van der Waals surface area contributed by atoms with E-state index in [1.54, 1.807) is 17.8 Å². The highest BCUT2D eigenvalue weighted by Crippen LogP contribution is 2.09. The molecule has 23 heavy (non-hydrogen) atoms. The Morgan fingerprint density at radius 2 is 2.04 bits per heavy atom. The molecule has 1 aromatic heterocycles. The van der Waals surface area contributed by atoms with Gasteiger partial charge in [0, 0.05) is 25.6 Å². The van der Waals surface area contributed by atoms with Crippen LogP contribution in [0.4, 0.5) is 0 Å². The van der Waals surface area contributed by atoms with Crippen molar-refractivity contribution in [1.82, 2.24) is 15.1 Å². The van der Waals surface area contributed by atoms with Crippen molar-refractivity contribution in [2.75, 3.05) is 6.54 Å². The molecule has 2 rings (SSSR count). The van der Waals surface area contributed by atoms with Crippen LogP contribution in [0.2, 0.25) is 0 Å². The highest BCUT2D eigenvalue weighted by molar-refractivity contribution is 5.76. The van der Waals surface area contributed by atoms with Crippen LogP contribution in [0.5, 0.6) is 0 Å². The number of hydrogen-bond acceptors (Lipinski definition) is 3. The summed E-state index contributed by atoms with van der Waals surface area (Å²) in [7, 11) is 0. The van der Waals surface area contributed by atoms with Crippen LogP contribution in [0.15, 0.2) is 42.7 Å². The number of aliphatic carboxylic acids is 1. The Kier molecular flexibility index (Phi) is 5.91. The van der Waals surface area contributed by atoms with Crippen LogP contribution < -0.4 is 5.32 Å². The van der Waals surface area contributed by atoms with E-state index >= 15 is 0 Å². The lowest BCUT2D eigenvalue weighted by Gasteiger charge is -2.09. The van der Waals surface area contributed by atoms with Gasteiger partial charge in [0.05, 0.1) is 11.9 Å². The molecule has 0 aliphatic rings. The number of amides is 1. The van der Waals surface area contributed by atoms with E-state index in [4.69, 9.17) is 5.11 Å². The maximum atomic E-state index is 11.8. The molecule has 0 aliphatic carbocycles. The first-order chi connectivity index (χ1) is 11.0. The van der Waals surface area contributed by atoms with Gasteiger partial charge in [-0.3, -0.25) is 9.59 Å². The van der Waals surface area contributed by atoms with E-state index in [1.165, 1.54) is 0 Å². The summed E-state index contributed by atoms with van der Waals surface area (Å²) >= 11 is 0. The number of carbonyl (C=O) groups is 2. The number of carboxylic acids is 1. The summed E-state index contributed by atoms with van der Waals surface area (Å²) in [6.45, 7) is 2.19. The van der Waals surface area contributed by atoms with Crippen LogP contribution in [0.3, 0.4) is 0 Å². The van der Waals surface area contributed by atoms with Gasteiger partial charge in [0.2, 0.25) is 5.91 Å². The Hall–Kier alpha value is -2.63. The van der Waals surface area contributed by atoms with Gasteiger partial charge in [-0.15, -0.1) is 0 Å². The van der Waals surface area contributed by atoms with Crippen LogP contribution in [0, 0.1) is 5.92 Å². The van der Waals surface area contributed by atoms with Crippen molar-refractivity contribution in [2.45, 2.75) is 26.2 Å². The first-order valence-electron chi connectivity index (χ1n) is 7.62. The molecule has 0 aliphatic heterocycles. The Bertz CT molecular complexity index is 652. The van der Waals surface area contributed by atoms with Crippen molar-refractivity contribution in [2.24, 2.45) is 5.92 Å². The first-order valence-corrected chi connectivity index (χ1v) is 7.62. The third-order valence-corrected chi connectivity index (χ3v) is 3.47. The topological polar surface area (TPSA) is 84.2 Å². The molecule has 6 nitrogen and oxygen atoms in total. The number of carboxylic acid groups (broad SMARTS) is 1. The normalized spacial score (nSPS) is 11.9. The summed E-state index contributed by atoms with van der Waals surface area (Å²) in [4.78, 5) is 22.4. The van der Waals surface area contributed by atoms with E-state index in [9.17, 15) is 9.59 Å². The molecule has 1 amide bonds. The SMILES string of the molecule is CC(CNC(=O)CCc1cnn(-c2ccccc2)c1)CC(=O)O. The second kappa shape index (κ2) is 8.12. The van der Waals surface area contributed by atoms with Gasteiger partial charge in [0.15, 0.2) is 0 Å². The second-order valence-electron chi connectivity index (χ2n) is 5.64. The van der Waals surface area contributed by atoms with Crippen molar-refractivity contribution in [3.05, 3.63) is 48.3 Å². The first kappa shape index (κ1) is 16.7. The van der Waals surface area contributed by atoms with E-state index in [0.717, 1.165) is 11.3 Å². The van der Waals surface area contributed by atoms with Gasteiger partial charge < -0.3 is 10.4 Å². The molecule has 0 spiro atoms. The lowest BCUT2D eigenvalue weighted by atomic mass is 10.1. The zero-order valence-electron chi connectivity index (χ0n) is 13.1. The molecule has 0 saturated heterocycles. The van der Waals surface area contributed by atoms with E-state index in [2.05, 4.69) is 10.4 Å². The van der Waals surface area contributed by atoms with E-state index in [-0.39, 0.29) is 18.2 Å². The van der Waals surface area contributed by atoms with Crippen molar-refractivity contribution < 1.29 is 14.7 Å². The van der Waals surface area contributed by atoms with Crippen molar-refractivity contribution >= 4 is 11.9 Å². The number of aryl methyl sites for hydroxylation is 1. The molecular weight excluding hydrogens is 294 g/mol. The zero-order valence-corrected chi connectivity index (χ0v) is 13.1. The standard InChI is InChI=1S/C17H21N3O3/c1-13(9-17(22)23)10-18-16(21)8-7-14-11-19-20(12-14)15-5-3-2-4-6-15/h2-6,11-13H,7-10H2,1H3,(H,18,21)(H,22,23). The summed E-state index contributed by atoms with van der Waals surface area (Å²) in [6.07, 6.45) is 4.69. The number of rotatable bonds is 8. The minimum absolute atomic E-state index is 0.0596. The van der Waals surface area contributed by atoms with Crippen molar-refractivity contribution in [3.8, 4) is 5.69 Å². The smallest absolute Gasteiger partial charge is 0.303 e. The molecule has 1 atom stereocenters. The fourth-order valence-electron chi connectivity index (χ4n) is 2.22. The monoisotopic (exact) mass is 315 g/mol. The molecule has 0 saturated carbocycles. The summed E-state index contributed by atoms with van der Waals surface area (Å²) in [5, 5.41) is 15.7. The minimum Gasteiger partial charge on any atom is -0.481 e. The summed E-state index contributed by atoms with van der Waals surface area (Å²) < 4.78 is 1.78.